The molecule has 0 saturated heterocycles. The molecule has 0 bridgehead atoms. The molecule has 12 heavy (non-hydrogen) atoms. The Bertz CT molecular complexity index is 141. The van der Waals surface area contributed by atoms with Gasteiger partial charge in [-0.2, -0.15) is 11.8 Å². The Labute approximate surface area is 83.4 Å². The second-order valence-corrected chi connectivity index (χ2v) is 4.42. The fraction of sp³-hybridized carbons (Fsp3) is 0.875. The van der Waals surface area contributed by atoms with E-state index in [1.54, 1.807) is 11.8 Å². The summed E-state index contributed by atoms with van der Waals surface area (Å²) in [6, 6.07) is 0.174. The molecule has 1 atom stereocenters. The van der Waals surface area contributed by atoms with Crippen LogP contribution in [0.25, 0.3) is 0 Å². The number of thioether (sulfide) groups is 1. The van der Waals surface area contributed by atoms with Gasteiger partial charge in [-0.3, -0.25) is 4.79 Å². The van der Waals surface area contributed by atoms with E-state index in [1.807, 2.05) is 20.1 Å². The molecule has 1 unspecified atom stereocenters. The Morgan fingerprint density at radius 3 is 2.58 bits per heavy atom. The van der Waals surface area contributed by atoms with Crippen molar-refractivity contribution in [2.24, 2.45) is 0 Å². The van der Waals surface area contributed by atoms with Crippen LogP contribution in [0.1, 0.15) is 20.3 Å². The van der Waals surface area contributed by atoms with Crippen LogP contribution in [0.3, 0.4) is 0 Å². The molecule has 0 saturated carbocycles. The average Bonchev–Trinajstić information content (AvgIpc) is 1.98. The van der Waals surface area contributed by atoms with Gasteiger partial charge in [-0.25, -0.2) is 0 Å². The minimum Gasteiger partial charge on any atom is -0.353 e. The van der Waals surface area contributed by atoms with Crippen molar-refractivity contribution in [2.75, 3.05) is 12.0 Å². The highest BCUT2D eigenvalue weighted by atomic mass is 35.5. The van der Waals surface area contributed by atoms with Gasteiger partial charge < -0.3 is 5.32 Å². The van der Waals surface area contributed by atoms with E-state index < -0.39 is 0 Å². The highest BCUT2D eigenvalue weighted by molar-refractivity contribution is 7.98. The van der Waals surface area contributed by atoms with E-state index in [0.29, 0.717) is 0 Å². The van der Waals surface area contributed by atoms with Gasteiger partial charge in [0.15, 0.2) is 0 Å². The predicted molar refractivity (Wildman–Crippen MR) is 55.9 cm³/mol. The molecule has 4 heteroatoms. The fourth-order valence-corrected chi connectivity index (χ4v) is 1.50. The van der Waals surface area contributed by atoms with Crippen LogP contribution in [-0.2, 0) is 4.79 Å². The van der Waals surface area contributed by atoms with Gasteiger partial charge in [0.2, 0.25) is 5.91 Å². The largest absolute Gasteiger partial charge is 0.353 e. The molecule has 0 aromatic heterocycles. The van der Waals surface area contributed by atoms with Crippen LogP contribution in [0.5, 0.6) is 0 Å². The zero-order valence-corrected chi connectivity index (χ0v) is 9.34. The van der Waals surface area contributed by atoms with Crippen molar-refractivity contribution in [1.82, 2.24) is 5.32 Å². The molecule has 0 radical (unpaired) electrons. The first-order chi connectivity index (χ1) is 5.57. The van der Waals surface area contributed by atoms with Gasteiger partial charge in [0, 0.05) is 6.04 Å². The first-order valence-electron chi connectivity index (χ1n) is 4.01. The zero-order valence-electron chi connectivity index (χ0n) is 7.76. The van der Waals surface area contributed by atoms with Crippen LogP contribution < -0.4 is 5.32 Å². The second-order valence-electron chi connectivity index (χ2n) is 2.91. The average molecular weight is 210 g/mol. The molecule has 0 aliphatic rings. The van der Waals surface area contributed by atoms with Gasteiger partial charge in [0.1, 0.15) is 5.38 Å². The van der Waals surface area contributed by atoms with Crippen molar-refractivity contribution in [2.45, 2.75) is 31.7 Å². The molecule has 0 aromatic carbocycles. The smallest absolute Gasteiger partial charge is 0.238 e. The monoisotopic (exact) mass is 209 g/mol. The number of carbonyl (C=O) groups is 1. The van der Waals surface area contributed by atoms with E-state index in [9.17, 15) is 4.79 Å². The molecule has 1 N–H and O–H groups in total. The van der Waals surface area contributed by atoms with Crippen molar-refractivity contribution in [3.63, 3.8) is 0 Å². The fourth-order valence-electron chi connectivity index (χ4n) is 0.727. The third kappa shape index (κ3) is 5.72. The lowest BCUT2D eigenvalue weighted by Gasteiger charge is -2.11. The Morgan fingerprint density at radius 1 is 1.58 bits per heavy atom. The van der Waals surface area contributed by atoms with Gasteiger partial charge in [0.25, 0.3) is 0 Å². The number of hydrogen-bond donors (Lipinski definition) is 1. The van der Waals surface area contributed by atoms with Crippen LogP contribution in [0.2, 0.25) is 0 Å². The molecule has 0 fully saturated rings. The maximum absolute atomic E-state index is 11.2. The summed E-state index contributed by atoms with van der Waals surface area (Å²) < 4.78 is 0. The van der Waals surface area contributed by atoms with Crippen LogP contribution in [0, 0.1) is 0 Å². The number of amides is 1. The van der Waals surface area contributed by atoms with Crippen LogP contribution >= 0.6 is 23.4 Å². The lowest BCUT2D eigenvalue weighted by atomic mass is 10.3. The highest BCUT2D eigenvalue weighted by Gasteiger charge is 2.14. The number of nitrogens with one attached hydrogen (secondary N) is 1. The normalized spacial score (nSPS) is 13.1. The molecule has 0 aliphatic carbocycles. The highest BCUT2D eigenvalue weighted by Crippen LogP contribution is 2.06. The topological polar surface area (TPSA) is 29.1 Å². The Hall–Kier alpha value is 0.110. The predicted octanol–water partition coefficient (Wildman–Crippen LogP) is 1.87. The maximum Gasteiger partial charge on any atom is 0.238 e. The minimum atomic E-state index is -0.375. The molecule has 0 rings (SSSR count). The summed E-state index contributed by atoms with van der Waals surface area (Å²) in [4.78, 5) is 11.2. The molecule has 2 nitrogen and oxygen atoms in total. The van der Waals surface area contributed by atoms with Gasteiger partial charge in [-0.15, -0.1) is 11.6 Å². The van der Waals surface area contributed by atoms with Crippen molar-refractivity contribution >= 4 is 29.3 Å². The first kappa shape index (κ1) is 12.1. The summed E-state index contributed by atoms with van der Waals surface area (Å²) in [7, 11) is 0. The molecule has 1 amide bonds. The summed E-state index contributed by atoms with van der Waals surface area (Å²) in [5.74, 6) is 0.875. The molecule has 72 valence electrons. The summed E-state index contributed by atoms with van der Waals surface area (Å²) in [5, 5.41) is 2.40. The molecule has 0 aliphatic heterocycles. The standard InChI is InChI=1S/C8H16ClNOS/c1-6(2)10-8(11)7(9)4-5-12-3/h6-7H,4-5H2,1-3H3,(H,10,11). The number of carbonyl (C=O) groups excluding carboxylic acids is 1. The maximum atomic E-state index is 11.2. The van der Waals surface area contributed by atoms with Crippen molar-refractivity contribution in [1.29, 1.82) is 0 Å². The molecule has 0 spiro atoms. The van der Waals surface area contributed by atoms with E-state index >= 15 is 0 Å². The summed E-state index contributed by atoms with van der Waals surface area (Å²) >= 11 is 7.53. The minimum absolute atomic E-state index is 0.0549. The number of alkyl halides is 1. The molecular weight excluding hydrogens is 194 g/mol. The first-order valence-corrected chi connectivity index (χ1v) is 5.84. The van der Waals surface area contributed by atoms with E-state index in [1.165, 1.54) is 0 Å². The van der Waals surface area contributed by atoms with E-state index in [4.69, 9.17) is 11.6 Å². The van der Waals surface area contributed by atoms with Gasteiger partial charge in [0.05, 0.1) is 0 Å². The Morgan fingerprint density at radius 2 is 2.17 bits per heavy atom. The van der Waals surface area contributed by atoms with Crippen LogP contribution in [-0.4, -0.2) is 29.3 Å². The Kier molecular flexibility index (Phi) is 6.67. The van der Waals surface area contributed by atoms with Crippen LogP contribution in [0.15, 0.2) is 0 Å². The third-order valence-corrected chi connectivity index (χ3v) is 2.35. The lowest BCUT2D eigenvalue weighted by molar-refractivity contribution is -0.121. The van der Waals surface area contributed by atoms with Crippen molar-refractivity contribution in [3.05, 3.63) is 0 Å². The van der Waals surface area contributed by atoms with Crippen LogP contribution in [0.4, 0.5) is 0 Å². The van der Waals surface area contributed by atoms with Gasteiger partial charge in [-0.05, 0) is 32.3 Å². The lowest BCUT2D eigenvalue weighted by Crippen LogP contribution is -2.36. The molecule has 0 aromatic rings. The number of rotatable bonds is 5. The second kappa shape index (κ2) is 6.61. The third-order valence-electron chi connectivity index (χ3n) is 1.29. The van der Waals surface area contributed by atoms with Crippen molar-refractivity contribution in [3.8, 4) is 0 Å². The summed E-state index contributed by atoms with van der Waals surface area (Å²) in [5.41, 5.74) is 0. The van der Waals surface area contributed by atoms with Crippen molar-refractivity contribution < 1.29 is 4.79 Å². The quantitative estimate of drug-likeness (QED) is 0.701. The number of hydrogen-bond acceptors (Lipinski definition) is 2. The SMILES string of the molecule is CSCCC(Cl)C(=O)NC(C)C. The Balaban J connectivity index is 3.61. The van der Waals surface area contributed by atoms with E-state index in [-0.39, 0.29) is 17.3 Å². The zero-order chi connectivity index (χ0) is 9.56. The van der Waals surface area contributed by atoms with E-state index in [2.05, 4.69) is 5.32 Å². The molecular formula is C8H16ClNOS. The van der Waals surface area contributed by atoms with Gasteiger partial charge >= 0.3 is 0 Å². The summed E-state index contributed by atoms with van der Waals surface area (Å²) in [6.45, 7) is 3.85. The molecule has 0 heterocycles. The summed E-state index contributed by atoms with van der Waals surface area (Å²) in [6.07, 6.45) is 2.74. The van der Waals surface area contributed by atoms with E-state index in [0.717, 1.165) is 12.2 Å². The van der Waals surface area contributed by atoms with Gasteiger partial charge in [-0.1, -0.05) is 0 Å². The number of halogens is 1.